The second-order valence-corrected chi connectivity index (χ2v) is 8.33. The number of ether oxygens (including phenoxy) is 1. The predicted molar refractivity (Wildman–Crippen MR) is 105 cm³/mol. The van der Waals surface area contributed by atoms with Crippen LogP contribution in [-0.2, 0) is 26.1 Å². The van der Waals surface area contributed by atoms with E-state index in [-0.39, 0.29) is 22.0 Å². The van der Waals surface area contributed by atoms with Gasteiger partial charge < -0.3 is 14.2 Å². The highest BCUT2D eigenvalue weighted by molar-refractivity contribution is 7.88. The maximum Gasteiger partial charge on any atom is 0.534 e. The van der Waals surface area contributed by atoms with Gasteiger partial charge in [-0.05, 0) is 29.8 Å². The molecule has 1 atom stereocenters. The van der Waals surface area contributed by atoms with Crippen LogP contribution in [0, 0.1) is 0 Å². The number of carbonyl (C=O) groups is 2. The summed E-state index contributed by atoms with van der Waals surface area (Å²) >= 11 is 12.0. The fourth-order valence-corrected chi connectivity index (χ4v) is 3.40. The normalized spacial score (nSPS) is 12.7. The summed E-state index contributed by atoms with van der Waals surface area (Å²) in [5.74, 6) is -2.14. The summed E-state index contributed by atoms with van der Waals surface area (Å²) in [6.07, 6.45) is -0.132. The van der Waals surface area contributed by atoms with Gasteiger partial charge in [-0.25, -0.2) is 4.79 Å². The molecule has 0 aliphatic carbocycles. The fraction of sp³-hybridized carbons (Fsp3) is 0.222. The Morgan fingerprint density at radius 3 is 2.10 bits per heavy atom. The molecular formula is C18H14Cl2F3NO6S. The molecule has 168 valence electrons. The molecule has 0 heterocycles. The molecule has 0 saturated heterocycles. The molecule has 2 aromatic rings. The maximum absolute atomic E-state index is 12.5. The minimum absolute atomic E-state index is 0.0548. The topological polar surface area (TPSA) is 98.8 Å². The largest absolute Gasteiger partial charge is 0.534 e. The Bertz CT molecular complexity index is 1050. The molecule has 0 saturated carbocycles. The van der Waals surface area contributed by atoms with Gasteiger partial charge >= 0.3 is 21.6 Å². The summed E-state index contributed by atoms with van der Waals surface area (Å²) in [5.41, 5.74) is -5.27. The second kappa shape index (κ2) is 9.75. The Morgan fingerprint density at radius 2 is 1.61 bits per heavy atom. The molecule has 13 heteroatoms. The Kier molecular flexibility index (Phi) is 7.79. The zero-order valence-corrected chi connectivity index (χ0v) is 17.9. The van der Waals surface area contributed by atoms with Gasteiger partial charge in [-0.2, -0.15) is 21.6 Å². The van der Waals surface area contributed by atoms with Gasteiger partial charge in [0, 0.05) is 6.42 Å². The van der Waals surface area contributed by atoms with E-state index >= 15 is 0 Å². The molecule has 2 rings (SSSR count). The number of benzene rings is 2. The SMILES string of the molecule is COC(=O)C(Cc1ccc(OS(=O)(=O)C(F)(F)F)cc1)NC(=O)c1c(Cl)cccc1Cl. The van der Waals surface area contributed by atoms with Crippen LogP contribution in [0.2, 0.25) is 10.0 Å². The molecule has 31 heavy (non-hydrogen) atoms. The van der Waals surface area contributed by atoms with E-state index in [0.29, 0.717) is 5.56 Å². The van der Waals surface area contributed by atoms with E-state index in [2.05, 4.69) is 14.2 Å². The van der Waals surface area contributed by atoms with Crippen LogP contribution >= 0.6 is 23.2 Å². The van der Waals surface area contributed by atoms with Crippen molar-refractivity contribution in [2.75, 3.05) is 7.11 Å². The minimum atomic E-state index is -5.81. The highest BCUT2D eigenvalue weighted by atomic mass is 35.5. The highest BCUT2D eigenvalue weighted by Gasteiger charge is 2.48. The van der Waals surface area contributed by atoms with Gasteiger partial charge in [0.05, 0.1) is 22.7 Å². The second-order valence-electron chi connectivity index (χ2n) is 5.98. The van der Waals surface area contributed by atoms with Crippen LogP contribution in [0.25, 0.3) is 0 Å². The molecule has 7 nitrogen and oxygen atoms in total. The van der Waals surface area contributed by atoms with E-state index in [1.807, 2.05) is 0 Å². The highest BCUT2D eigenvalue weighted by Crippen LogP contribution is 2.27. The van der Waals surface area contributed by atoms with Gasteiger partial charge in [0.2, 0.25) is 0 Å². The number of hydrogen-bond donors (Lipinski definition) is 1. The third-order valence-electron chi connectivity index (χ3n) is 3.83. The van der Waals surface area contributed by atoms with Crippen LogP contribution in [-0.4, -0.2) is 39.0 Å². The molecule has 1 unspecified atom stereocenters. The number of rotatable bonds is 7. The van der Waals surface area contributed by atoms with E-state index in [1.165, 1.54) is 30.3 Å². The lowest BCUT2D eigenvalue weighted by Crippen LogP contribution is -2.43. The third kappa shape index (κ3) is 6.25. The third-order valence-corrected chi connectivity index (χ3v) is 5.44. The number of carbonyl (C=O) groups excluding carboxylic acids is 2. The van der Waals surface area contributed by atoms with Crippen molar-refractivity contribution >= 4 is 45.2 Å². The van der Waals surface area contributed by atoms with E-state index in [9.17, 15) is 31.2 Å². The smallest absolute Gasteiger partial charge is 0.467 e. The van der Waals surface area contributed by atoms with Crippen molar-refractivity contribution in [1.82, 2.24) is 5.32 Å². The van der Waals surface area contributed by atoms with Crippen LogP contribution in [0.1, 0.15) is 15.9 Å². The molecule has 0 radical (unpaired) electrons. The number of hydrogen-bond acceptors (Lipinski definition) is 6. The standard InChI is InChI=1S/C18H14Cl2F3NO6S/c1-29-17(26)14(24-16(25)15-12(19)3-2-4-13(15)20)9-10-5-7-11(8-6-10)30-31(27,28)18(21,22)23/h2-8,14H,9H2,1H3,(H,24,25). The first-order chi connectivity index (χ1) is 14.4. The van der Waals surface area contributed by atoms with Crippen LogP contribution in [0.3, 0.4) is 0 Å². The molecule has 2 aromatic carbocycles. The van der Waals surface area contributed by atoms with Crippen LogP contribution < -0.4 is 9.50 Å². The van der Waals surface area contributed by atoms with Crippen molar-refractivity contribution in [2.45, 2.75) is 18.0 Å². The van der Waals surface area contributed by atoms with Crippen molar-refractivity contribution < 1.29 is 40.1 Å². The summed E-state index contributed by atoms with van der Waals surface area (Å²) < 4.78 is 67.9. The molecule has 1 amide bonds. The fourth-order valence-electron chi connectivity index (χ4n) is 2.37. The van der Waals surface area contributed by atoms with E-state index in [1.54, 1.807) is 0 Å². The van der Waals surface area contributed by atoms with Crippen LogP contribution in [0.15, 0.2) is 42.5 Å². The molecule has 0 aliphatic heterocycles. The molecular weight excluding hydrogens is 486 g/mol. The number of methoxy groups -OCH3 is 1. The van der Waals surface area contributed by atoms with Crippen molar-refractivity contribution in [1.29, 1.82) is 0 Å². The lowest BCUT2D eigenvalue weighted by molar-refractivity contribution is -0.142. The zero-order valence-electron chi connectivity index (χ0n) is 15.6. The van der Waals surface area contributed by atoms with E-state index < -0.39 is 39.3 Å². The van der Waals surface area contributed by atoms with Gasteiger partial charge in [0.1, 0.15) is 11.8 Å². The molecule has 0 fully saturated rings. The Balaban J connectivity index is 2.18. The lowest BCUT2D eigenvalue weighted by atomic mass is 10.1. The summed E-state index contributed by atoms with van der Waals surface area (Å²) in [7, 11) is -4.71. The van der Waals surface area contributed by atoms with Crippen molar-refractivity contribution in [3.8, 4) is 5.75 Å². The van der Waals surface area contributed by atoms with Gasteiger partial charge in [0.15, 0.2) is 0 Å². The molecule has 0 aromatic heterocycles. The van der Waals surface area contributed by atoms with Crippen LogP contribution in [0.4, 0.5) is 13.2 Å². The first-order valence-corrected chi connectivity index (χ1v) is 10.4. The van der Waals surface area contributed by atoms with Gasteiger partial charge in [0.25, 0.3) is 5.91 Å². The number of esters is 1. The number of halogens is 5. The predicted octanol–water partition coefficient (Wildman–Crippen LogP) is 3.74. The summed E-state index contributed by atoms with van der Waals surface area (Å²) in [4.78, 5) is 24.6. The monoisotopic (exact) mass is 499 g/mol. The Hall–Kier alpha value is -2.50. The van der Waals surface area contributed by atoms with Crippen LogP contribution in [0.5, 0.6) is 5.75 Å². The van der Waals surface area contributed by atoms with Crippen molar-refractivity contribution in [3.63, 3.8) is 0 Å². The average molecular weight is 500 g/mol. The molecule has 1 N–H and O–H groups in total. The Labute approximate surface area is 185 Å². The summed E-state index contributed by atoms with van der Waals surface area (Å²) in [6.45, 7) is 0. The quantitative estimate of drug-likeness (QED) is 0.354. The summed E-state index contributed by atoms with van der Waals surface area (Å²) in [5, 5.41) is 2.54. The number of amides is 1. The molecule has 0 aliphatic rings. The lowest BCUT2D eigenvalue weighted by Gasteiger charge is -2.18. The summed E-state index contributed by atoms with van der Waals surface area (Å²) in [6, 6.07) is 7.60. The van der Waals surface area contributed by atoms with Gasteiger partial charge in [-0.1, -0.05) is 41.4 Å². The van der Waals surface area contributed by atoms with E-state index in [4.69, 9.17) is 23.2 Å². The molecule has 0 bridgehead atoms. The average Bonchev–Trinajstić information content (AvgIpc) is 2.67. The number of alkyl halides is 3. The number of nitrogens with one attached hydrogen (secondary N) is 1. The maximum atomic E-state index is 12.5. The minimum Gasteiger partial charge on any atom is -0.467 e. The van der Waals surface area contributed by atoms with Gasteiger partial charge in [-0.15, -0.1) is 0 Å². The van der Waals surface area contributed by atoms with Gasteiger partial charge in [-0.3, -0.25) is 4.79 Å². The Morgan fingerprint density at radius 1 is 1.06 bits per heavy atom. The molecule has 0 spiro atoms. The van der Waals surface area contributed by atoms with Crippen molar-refractivity contribution in [3.05, 3.63) is 63.6 Å². The first-order valence-electron chi connectivity index (χ1n) is 8.28. The first kappa shape index (κ1) is 24.8. The zero-order chi connectivity index (χ0) is 23.4. The van der Waals surface area contributed by atoms with Crippen molar-refractivity contribution in [2.24, 2.45) is 0 Å². The van der Waals surface area contributed by atoms with E-state index in [0.717, 1.165) is 19.2 Å².